The molecule has 7 heteroatoms. The first kappa shape index (κ1) is 53.4. The Morgan fingerprint density at radius 2 is 0.902 bits per heavy atom. The van der Waals surface area contributed by atoms with Crippen LogP contribution in [0.4, 0.5) is 0 Å². The molecule has 1 amide bonds. The number of aliphatic hydroxyl groups excluding tert-OH is 1. The van der Waals surface area contributed by atoms with Crippen molar-refractivity contribution in [2.75, 3.05) is 6.61 Å². The Hall–Kier alpha value is -3.71. The molecule has 2 aromatic rings. The van der Waals surface area contributed by atoms with Crippen molar-refractivity contribution in [2.24, 2.45) is 0 Å². The molecule has 0 heterocycles. The van der Waals surface area contributed by atoms with Gasteiger partial charge in [0.1, 0.15) is 6.10 Å². The van der Waals surface area contributed by atoms with E-state index in [0.29, 0.717) is 17.5 Å². The zero-order chi connectivity index (χ0) is 43.9. The Bertz CT molecular complexity index is 1410. The van der Waals surface area contributed by atoms with E-state index in [1.807, 2.05) is 18.2 Å². The van der Waals surface area contributed by atoms with Crippen LogP contribution in [0, 0.1) is 0 Å². The second kappa shape index (κ2) is 38.0. The number of hydrogen-bond donors (Lipinski definition) is 2. The van der Waals surface area contributed by atoms with Gasteiger partial charge in [0.2, 0.25) is 0 Å². The van der Waals surface area contributed by atoms with Crippen molar-refractivity contribution in [1.82, 2.24) is 5.32 Å². The number of allylic oxidation sites excluding steroid dienone is 3. The molecule has 0 saturated carbocycles. The van der Waals surface area contributed by atoms with Crippen LogP contribution in [0.1, 0.15) is 221 Å². The lowest BCUT2D eigenvalue weighted by Crippen LogP contribution is -2.50. The smallest absolute Gasteiger partial charge is 0.338 e. The standard InChI is InChI=1S/C54H85NO6/c1-3-5-7-9-11-13-15-17-18-19-20-21-23-25-27-29-31-39-45-51(61-54(59)48-42-36-33-37-43-48)52(57)55-49(46-56)50(60-53(58)47-40-34-32-35-41-47)44-38-30-28-26-24-22-16-14-12-10-8-6-4-2/h24,26,32-38,40-44,49-51,56H,3-23,25,27-31,39,45-46H2,1-2H3,(H,55,57)/b26-24+,44-38+/t49-,50+,51+/m0/s1. The maximum atomic E-state index is 13.9. The predicted octanol–water partition coefficient (Wildman–Crippen LogP) is 14.4. The number of amides is 1. The van der Waals surface area contributed by atoms with Gasteiger partial charge in [-0.3, -0.25) is 4.79 Å². The molecule has 0 saturated heterocycles. The molecule has 0 bridgehead atoms. The molecule has 2 N–H and O–H groups in total. The van der Waals surface area contributed by atoms with Crippen LogP contribution >= 0.6 is 0 Å². The van der Waals surface area contributed by atoms with E-state index in [9.17, 15) is 19.5 Å². The lowest BCUT2D eigenvalue weighted by atomic mass is 10.0. The average Bonchev–Trinajstić information content (AvgIpc) is 3.28. The molecule has 2 rings (SSSR count). The first-order valence-electron chi connectivity index (χ1n) is 24.7. The molecule has 61 heavy (non-hydrogen) atoms. The molecule has 0 spiro atoms. The number of carbonyl (C=O) groups is 3. The molecule has 0 radical (unpaired) electrons. The Morgan fingerprint density at radius 1 is 0.508 bits per heavy atom. The zero-order valence-corrected chi connectivity index (χ0v) is 38.5. The molecule has 0 aliphatic heterocycles. The number of carbonyl (C=O) groups excluding carboxylic acids is 3. The maximum Gasteiger partial charge on any atom is 0.338 e. The van der Waals surface area contributed by atoms with Crippen LogP contribution in [0.3, 0.4) is 0 Å². The minimum atomic E-state index is -1.06. The number of esters is 2. The van der Waals surface area contributed by atoms with E-state index in [0.717, 1.165) is 44.9 Å². The quantitative estimate of drug-likeness (QED) is 0.0395. The van der Waals surface area contributed by atoms with Gasteiger partial charge in [-0.2, -0.15) is 0 Å². The van der Waals surface area contributed by atoms with Crippen LogP contribution in [0.25, 0.3) is 0 Å². The molecular formula is C54H85NO6. The molecule has 0 unspecified atom stereocenters. The van der Waals surface area contributed by atoms with Crippen molar-refractivity contribution in [3.8, 4) is 0 Å². The molecular weight excluding hydrogens is 759 g/mol. The Balaban J connectivity index is 1.89. The van der Waals surface area contributed by atoms with Gasteiger partial charge in [-0.1, -0.05) is 216 Å². The summed E-state index contributed by atoms with van der Waals surface area (Å²) < 4.78 is 11.7. The van der Waals surface area contributed by atoms with Crippen molar-refractivity contribution < 1.29 is 29.0 Å². The largest absolute Gasteiger partial charge is 0.452 e. The second-order valence-electron chi connectivity index (χ2n) is 17.0. The second-order valence-corrected chi connectivity index (χ2v) is 17.0. The van der Waals surface area contributed by atoms with E-state index < -0.39 is 42.7 Å². The van der Waals surface area contributed by atoms with Gasteiger partial charge in [0.05, 0.1) is 23.8 Å². The lowest BCUT2D eigenvalue weighted by molar-refractivity contribution is -0.132. The van der Waals surface area contributed by atoms with E-state index in [1.165, 1.54) is 135 Å². The summed E-state index contributed by atoms with van der Waals surface area (Å²) in [5.41, 5.74) is 0.742. The minimum absolute atomic E-state index is 0.358. The number of nitrogens with one attached hydrogen (secondary N) is 1. The fourth-order valence-corrected chi connectivity index (χ4v) is 7.65. The SMILES string of the molecule is CCCCCCCCC/C=C/CC/C=C/[C@@H](OC(=O)c1ccccc1)[C@H](CO)NC(=O)[C@@H](CCCCCCCCCCCCCCCCCCCC)OC(=O)c1ccccc1. The molecule has 0 aromatic heterocycles. The summed E-state index contributed by atoms with van der Waals surface area (Å²) in [5, 5.41) is 13.4. The fourth-order valence-electron chi connectivity index (χ4n) is 7.65. The fraction of sp³-hybridized carbons (Fsp3) is 0.648. The number of hydrogen-bond acceptors (Lipinski definition) is 6. The normalized spacial score (nSPS) is 13.0. The van der Waals surface area contributed by atoms with Gasteiger partial charge in [0.25, 0.3) is 5.91 Å². The molecule has 0 fully saturated rings. The Kier molecular flexibility index (Phi) is 33.3. The number of unbranched alkanes of at least 4 members (excludes halogenated alkanes) is 25. The third-order valence-corrected chi connectivity index (χ3v) is 11.5. The summed E-state index contributed by atoms with van der Waals surface area (Å²) in [7, 11) is 0. The van der Waals surface area contributed by atoms with E-state index >= 15 is 0 Å². The van der Waals surface area contributed by atoms with Crippen molar-refractivity contribution >= 4 is 17.8 Å². The zero-order valence-electron chi connectivity index (χ0n) is 38.5. The van der Waals surface area contributed by atoms with Crippen LogP contribution in [-0.2, 0) is 14.3 Å². The highest BCUT2D eigenvalue weighted by molar-refractivity contribution is 5.92. The summed E-state index contributed by atoms with van der Waals surface area (Å²) in [5.74, 6) is -1.64. The number of ether oxygens (including phenoxy) is 2. The summed E-state index contributed by atoms with van der Waals surface area (Å²) in [6.07, 6.45) is 40.9. The van der Waals surface area contributed by atoms with Gasteiger partial charge >= 0.3 is 11.9 Å². The molecule has 2 aromatic carbocycles. The Morgan fingerprint density at radius 3 is 1.36 bits per heavy atom. The molecule has 3 atom stereocenters. The van der Waals surface area contributed by atoms with Gasteiger partial charge in [0, 0.05) is 0 Å². The van der Waals surface area contributed by atoms with Gasteiger partial charge in [0.15, 0.2) is 6.10 Å². The third kappa shape index (κ3) is 27.8. The minimum Gasteiger partial charge on any atom is -0.452 e. The summed E-state index contributed by atoms with van der Waals surface area (Å²) in [4.78, 5) is 40.2. The topological polar surface area (TPSA) is 102 Å². The molecule has 0 aliphatic carbocycles. The van der Waals surface area contributed by atoms with E-state index in [4.69, 9.17) is 9.47 Å². The monoisotopic (exact) mass is 844 g/mol. The number of aliphatic hydroxyl groups is 1. The van der Waals surface area contributed by atoms with Crippen molar-refractivity contribution in [3.63, 3.8) is 0 Å². The lowest BCUT2D eigenvalue weighted by Gasteiger charge is -2.26. The first-order chi connectivity index (χ1) is 30.0. The first-order valence-corrected chi connectivity index (χ1v) is 24.7. The van der Waals surface area contributed by atoms with Crippen molar-refractivity contribution in [2.45, 2.75) is 218 Å². The number of rotatable bonds is 39. The third-order valence-electron chi connectivity index (χ3n) is 11.5. The van der Waals surface area contributed by atoms with E-state index in [-0.39, 0.29) is 0 Å². The average molecular weight is 844 g/mol. The highest BCUT2D eigenvalue weighted by Crippen LogP contribution is 2.18. The molecule has 7 nitrogen and oxygen atoms in total. The maximum absolute atomic E-state index is 13.9. The van der Waals surface area contributed by atoms with Crippen LogP contribution in [0.5, 0.6) is 0 Å². The van der Waals surface area contributed by atoms with Crippen LogP contribution < -0.4 is 5.32 Å². The van der Waals surface area contributed by atoms with Crippen LogP contribution in [0.15, 0.2) is 85.0 Å². The summed E-state index contributed by atoms with van der Waals surface area (Å²) in [6.45, 7) is 4.04. The molecule has 342 valence electrons. The van der Waals surface area contributed by atoms with Gasteiger partial charge < -0.3 is 19.9 Å². The predicted molar refractivity (Wildman–Crippen MR) is 254 cm³/mol. The van der Waals surface area contributed by atoms with E-state index in [1.54, 1.807) is 54.6 Å². The van der Waals surface area contributed by atoms with Gasteiger partial charge in [-0.15, -0.1) is 0 Å². The van der Waals surface area contributed by atoms with Crippen LogP contribution in [-0.4, -0.2) is 47.8 Å². The van der Waals surface area contributed by atoms with Gasteiger partial charge in [-0.25, -0.2) is 9.59 Å². The van der Waals surface area contributed by atoms with Crippen molar-refractivity contribution in [1.29, 1.82) is 0 Å². The highest BCUT2D eigenvalue weighted by atomic mass is 16.6. The van der Waals surface area contributed by atoms with Gasteiger partial charge in [-0.05, 0) is 68.9 Å². The summed E-state index contributed by atoms with van der Waals surface area (Å²) >= 11 is 0. The summed E-state index contributed by atoms with van der Waals surface area (Å²) in [6, 6.07) is 16.4. The van der Waals surface area contributed by atoms with Crippen molar-refractivity contribution in [3.05, 3.63) is 96.1 Å². The van der Waals surface area contributed by atoms with Crippen LogP contribution in [0.2, 0.25) is 0 Å². The molecule has 0 aliphatic rings. The van der Waals surface area contributed by atoms with E-state index in [2.05, 4.69) is 31.3 Å². The highest BCUT2D eigenvalue weighted by Gasteiger charge is 2.30. The Labute approximate surface area is 371 Å². The number of benzene rings is 2.